The summed E-state index contributed by atoms with van der Waals surface area (Å²) < 4.78 is 1.71. The third kappa shape index (κ3) is 4.40. The fourth-order valence-electron chi connectivity index (χ4n) is 3.30. The number of anilines is 1. The summed E-state index contributed by atoms with van der Waals surface area (Å²) in [6.45, 7) is 0.759. The van der Waals surface area contributed by atoms with Crippen LogP contribution in [0.3, 0.4) is 0 Å². The van der Waals surface area contributed by atoms with E-state index in [0.717, 1.165) is 10.5 Å². The molecule has 1 aliphatic heterocycles. The van der Waals surface area contributed by atoms with Crippen molar-refractivity contribution in [2.45, 2.75) is 19.4 Å². The van der Waals surface area contributed by atoms with Gasteiger partial charge in [0, 0.05) is 18.7 Å². The molecule has 0 saturated heterocycles. The maximum atomic E-state index is 12.5. The molecule has 1 aromatic carbocycles. The van der Waals surface area contributed by atoms with Gasteiger partial charge in [0.1, 0.15) is 12.7 Å². The monoisotopic (exact) mass is 404 g/mol. The standard InChI is InChI=1S/C21H20N6O3/c28-19(24-16-9-7-15(8-10-16)12-26-14-22-13-23-26)6-3-11-27-20(29)17-4-1-2-5-18(17)25-21(27)30/h1-2,4-5,7-10,13-14,17H,3,6,11-12H2,(H,24,28). The predicted molar refractivity (Wildman–Crippen MR) is 110 cm³/mol. The highest BCUT2D eigenvalue weighted by molar-refractivity contribution is 6.21. The number of hydrogen-bond donors (Lipinski definition) is 1. The summed E-state index contributed by atoms with van der Waals surface area (Å²) in [5.74, 6) is -0.993. The molecule has 1 unspecified atom stereocenters. The Balaban J connectivity index is 1.25. The van der Waals surface area contributed by atoms with Gasteiger partial charge in [-0.25, -0.2) is 14.5 Å². The minimum Gasteiger partial charge on any atom is -0.326 e. The van der Waals surface area contributed by atoms with Crippen molar-refractivity contribution < 1.29 is 14.4 Å². The van der Waals surface area contributed by atoms with Gasteiger partial charge < -0.3 is 5.32 Å². The number of imide groups is 1. The first-order valence-corrected chi connectivity index (χ1v) is 9.60. The molecule has 0 spiro atoms. The summed E-state index contributed by atoms with van der Waals surface area (Å²) in [7, 11) is 0. The van der Waals surface area contributed by atoms with Crippen molar-refractivity contribution in [1.29, 1.82) is 0 Å². The van der Waals surface area contributed by atoms with Crippen LogP contribution in [0.25, 0.3) is 0 Å². The molecule has 2 aromatic rings. The maximum absolute atomic E-state index is 12.5. The fraction of sp³-hybridized carbons (Fsp3) is 0.238. The van der Waals surface area contributed by atoms with Crippen LogP contribution in [0.5, 0.6) is 0 Å². The number of nitrogens with zero attached hydrogens (tertiary/aromatic N) is 5. The van der Waals surface area contributed by atoms with E-state index in [2.05, 4.69) is 20.4 Å². The summed E-state index contributed by atoms with van der Waals surface area (Å²) in [4.78, 5) is 45.8. The third-order valence-electron chi connectivity index (χ3n) is 4.82. The summed E-state index contributed by atoms with van der Waals surface area (Å²) >= 11 is 0. The number of rotatable bonds is 7. The summed E-state index contributed by atoms with van der Waals surface area (Å²) in [6, 6.07) is 6.88. The van der Waals surface area contributed by atoms with Crippen LogP contribution in [-0.4, -0.2) is 49.8 Å². The van der Waals surface area contributed by atoms with Gasteiger partial charge in [-0.05, 0) is 30.2 Å². The lowest BCUT2D eigenvalue weighted by atomic mass is 9.95. The number of carbonyl (C=O) groups excluding carboxylic acids is 3. The number of carbonyl (C=O) groups is 3. The molecule has 2 heterocycles. The lowest BCUT2D eigenvalue weighted by molar-refractivity contribution is -0.129. The number of allylic oxidation sites excluding steroid dienone is 3. The van der Waals surface area contributed by atoms with Crippen molar-refractivity contribution in [3.05, 3.63) is 66.8 Å². The van der Waals surface area contributed by atoms with Crippen LogP contribution in [0.4, 0.5) is 10.5 Å². The molecule has 0 radical (unpaired) electrons. The van der Waals surface area contributed by atoms with Gasteiger partial charge in [-0.15, -0.1) is 0 Å². The summed E-state index contributed by atoms with van der Waals surface area (Å²) in [6.07, 6.45) is 10.6. The van der Waals surface area contributed by atoms with Crippen molar-refractivity contribution in [3.63, 3.8) is 0 Å². The van der Waals surface area contributed by atoms with Gasteiger partial charge in [0.05, 0.1) is 18.2 Å². The van der Waals surface area contributed by atoms with Gasteiger partial charge in [0.15, 0.2) is 0 Å². The first-order valence-electron chi connectivity index (χ1n) is 9.60. The molecule has 152 valence electrons. The Kier molecular flexibility index (Phi) is 5.60. The SMILES string of the molecule is O=C(CCCN1C(=O)N=C2C=CC=CC2C1=O)Nc1ccc(Cn2cncn2)cc1. The molecule has 2 aliphatic rings. The summed E-state index contributed by atoms with van der Waals surface area (Å²) in [5, 5.41) is 6.88. The van der Waals surface area contributed by atoms with Crippen LogP contribution in [0.15, 0.2) is 66.2 Å². The van der Waals surface area contributed by atoms with Gasteiger partial charge in [-0.1, -0.05) is 30.4 Å². The van der Waals surface area contributed by atoms with E-state index >= 15 is 0 Å². The Hall–Kier alpha value is -3.88. The van der Waals surface area contributed by atoms with Gasteiger partial charge in [0.2, 0.25) is 11.8 Å². The molecule has 9 nitrogen and oxygen atoms in total. The van der Waals surface area contributed by atoms with Crippen molar-refractivity contribution in [3.8, 4) is 0 Å². The van der Waals surface area contributed by atoms with E-state index in [-0.39, 0.29) is 24.8 Å². The van der Waals surface area contributed by atoms with Crippen molar-refractivity contribution in [2.75, 3.05) is 11.9 Å². The predicted octanol–water partition coefficient (Wildman–Crippen LogP) is 2.19. The number of nitrogens with one attached hydrogen (secondary N) is 1. The Morgan fingerprint density at radius 3 is 2.73 bits per heavy atom. The molecule has 0 bridgehead atoms. The van der Waals surface area contributed by atoms with E-state index in [9.17, 15) is 14.4 Å². The second kappa shape index (κ2) is 8.64. The van der Waals surface area contributed by atoms with E-state index in [1.54, 1.807) is 35.3 Å². The van der Waals surface area contributed by atoms with Gasteiger partial charge in [0.25, 0.3) is 0 Å². The van der Waals surface area contributed by atoms with Crippen molar-refractivity contribution in [1.82, 2.24) is 19.7 Å². The fourth-order valence-corrected chi connectivity index (χ4v) is 3.30. The second-order valence-electron chi connectivity index (χ2n) is 6.97. The van der Waals surface area contributed by atoms with Crippen LogP contribution in [0.1, 0.15) is 18.4 Å². The highest BCUT2D eigenvalue weighted by atomic mass is 16.2. The molecule has 1 aliphatic carbocycles. The Labute approximate surface area is 172 Å². The lowest BCUT2D eigenvalue weighted by Crippen LogP contribution is -2.46. The average Bonchev–Trinajstić information content (AvgIpc) is 3.25. The smallest absolute Gasteiger partial charge is 0.326 e. The minimum absolute atomic E-state index is 0.159. The molecule has 4 rings (SSSR count). The van der Waals surface area contributed by atoms with Crippen molar-refractivity contribution in [2.24, 2.45) is 10.9 Å². The zero-order chi connectivity index (χ0) is 20.9. The topological polar surface area (TPSA) is 110 Å². The van der Waals surface area contributed by atoms with Gasteiger partial charge in [-0.3, -0.25) is 14.5 Å². The molecule has 4 amide bonds. The Morgan fingerprint density at radius 1 is 1.13 bits per heavy atom. The van der Waals surface area contributed by atoms with Crippen LogP contribution in [-0.2, 0) is 16.1 Å². The van der Waals surface area contributed by atoms with Gasteiger partial charge >= 0.3 is 6.03 Å². The molecule has 0 fully saturated rings. The van der Waals surface area contributed by atoms with E-state index < -0.39 is 11.9 Å². The Morgan fingerprint density at radius 2 is 1.97 bits per heavy atom. The van der Waals surface area contributed by atoms with Crippen LogP contribution < -0.4 is 5.32 Å². The summed E-state index contributed by atoms with van der Waals surface area (Å²) in [5.41, 5.74) is 2.18. The molecule has 1 atom stereocenters. The maximum Gasteiger partial charge on any atom is 0.350 e. The highest BCUT2D eigenvalue weighted by Gasteiger charge is 2.35. The van der Waals surface area contributed by atoms with Crippen LogP contribution in [0.2, 0.25) is 0 Å². The zero-order valence-corrected chi connectivity index (χ0v) is 16.1. The number of fused-ring (bicyclic) bond motifs is 1. The quantitative estimate of drug-likeness (QED) is 0.761. The minimum atomic E-state index is -0.574. The largest absolute Gasteiger partial charge is 0.350 e. The molecule has 1 N–H and O–H groups in total. The number of aromatic nitrogens is 3. The number of hydrogen-bond acceptors (Lipinski definition) is 5. The number of urea groups is 1. The molecular weight excluding hydrogens is 384 g/mol. The first kappa shape index (κ1) is 19.4. The van der Waals surface area contributed by atoms with E-state index in [4.69, 9.17) is 0 Å². The first-order chi connectivity index (χ1) is 14.6. The highest BCUT2D eigenvalue weighted by Crippen LogP contribution is 2.20. The number of amides is 4. The molecule has 1 aromatic heterocycles. The van der Waals surface area contributed by atoms with Crippen LogP contribution in [0, 0.1) is 5.92 Å². The van der Waals surface area contributed by atoms with E-state index in [1.165, 1.54) is 6.33 Å². The third-order valence-corrected chi connectivity index (χ3v) is 4.82. The molecule has 0 saturated carbocycles. The van der Waals surface area contributed by atoms with E-state index in [1.807, 2.05) is 24.3 Å². The Bertz CT molecular complexity index is 1040. The molecule has 30 heavy (non-hydrogen) atoms. The van der Waals surface area contributed by atoms with Gasteiger partial charge in [-0.2, -0.15) is 10.1 Å². The molecule has 9 heteroatoms. The second-order valence-corrected chi connectivity index (χ2v) is 6.97. The lowest BCUT2D eigenvalue weighted by Gasteiger charge is -2.28. The average molecular weight is 404 g/mol. The van der Waals surface area contributed by atoms with E-state index in [0.29, 0.717) is 24.4 Å². The zero-order valence-electron chi connectivity index (χ0n) is 16.1. The number of aliphatic imine (C=N–C) groups is 1. The van der Waals surface area contributed by atoms with Crippen molar-refractivity contribution >= 4 is 29.2 Å². The normalized spacial score (nSPS) is 17.7. The van der Waals surface area contributed by atoms with Crippen LogP contribution >= 0.6 is 0 Å². The molecular formula is C21H20N6O3. The number of benzene rings is 1.